The van der Waals surface area contributed by atoms with Gasteiger partial charge in [-0.3, -0.25) is 4.79 Å². The molecule has 0 bridgehead atoms. The maximum absolute atomic E-state index is 13.5. The molecule has 1 unspecified atom stereocenters. The Bertz CT molecular complexity index is 598. The molecule has 0 aliphatic heterocycles. The second-order valence-electron chi connectivity index (χ2n) is 4.48. The number of furan rings is 1. The SMILES string of the molecule is COc1ccc(CC(=O)NCC(O)c2ccco2)cc1F. The van der Waals surface area contributed by atoms with E-state index in [1.807, 2.05) is 0 Å². The predicted molar refractivity (Wildman–Crippen MR) is 73.3 cm³/mol. The Hall–Kier alpha value is -2.34. The minimum Gasteiger partial charge on any atom is -0.494 e. The second kappa shape index (κ2) is 6.90. The smallest absolute Gasteiger partial charge is 0.224 e. The molecule has 2 rings (SSSR count). The Kier molecular flexibility index (Phi) is 4.94. The monoisotopic (exact) mass is 293 g/mol. The molecule has 1 aromatic carbocycles. The van der Waals surface area contributed by atoms with E-state index in [2.05, 4.69) is 5.32 Å². The van der Waals surface area contributed by atoms with E-state index in [4.69, 9.17) is 9.15 Å². The predicted octanol–water partition coefficient (Wildman–Crippen LogP) is 1.82. The highest BCUT2D eigenvalue weighted by molar-refractivity contribution is 5.78. The molecular formula is C15H16FNO4. The summed E-state index contributed by atoms with van der Waals surface area (Å²) in [5, 5.41) is 12.3. The van der Waals surface area contributed by atoms with Crippen molar-refractivity contribution in [3.05, 3.63) is 53.7 Å². The van der Waals surface area contributed by atoms with Gasteiger partial charge in [0.2, 0.25) is 5.91 Å². The Morgan fingerprint density at radius 1 is 1.48 bits per heavy atom. The summed E-state index contributed by atoms with van der Waals surface area (Å²) >= 11 is 0. The van der Waals surface area contributed by atoms with Crippen molar-refractivity contribution in [2.24, 2.45) is 0 Å². The zero-order valence-electron chi connectivity index (χ0n) is 11.5. The van der Waals surface area contributed by atoms with Crippen LogP contribution in [0.5, 0.6) is 5.75 Å². The Morgan fingerprint density at radius 2 is 2.29 bits per heavy atom. The van der Waals surface area contributed by atoms with Crippen LogP contribution < -0.4 is 10.1 Å². The van der Waals surface area contributed by atoms with Crippen LogP contribution in [0.25, 0.3) is 0 Å². The van der Waals surface area contributed by atoms with Crippen molar-refractivity contribution in [3.8, 4) is 5.75 Å². The van der Waals surface area contributed by atoms with Gasteiger partial charge >= 0.3 is 0 Å². The molecule has 6 heteroatoms. The first-order valence-electron chi connectivity index (χ1n) is 6.40. The highest BCUT2D eigenvalue weighted by Crippen LogP contribution is 2.18. The zero-order chi connectivity index (χ0) is 15.2. The molecule has 0 fully saturated rings. The van der Waals surface area contributed by atoms with E-state index in [0.29, 0.717) is 11.3 Å². The molecule has 0 spiro atoms. The lowest BCUT2D eigenvalue weighted by molar-refractivity contribution is -0.120. The quantitative estimate of drug-likeness (QED) is 0.852. The first kappa shape index (κ1) is 15.1. The normalized spacial score (nSPS) is 12.0. The van der Waals surface area contributed by atoms with E-state index in [1.54, 1.807) is 18.2 Å². The summed E-state index contributed by atoms with van der Waals surface area (Å²) in [7, 11) is 1.38. The van der Waals surface area contributed by atoms with Gasteiger partial charge in [-0.2, -0.15) is 0 Å². The molecule has 0 radical (unpaired) electrons. The van der Waals surface area contributed by atoms with Crippen molar-refractivity contribution in [3.63, 3.8) is 0 Å². The molecule has 0 saturated heterocycles. The molecule has 2 N–H and O–H groups in total. The Balaban J connectivity index is 1.86. The average molecular weight is 293 g/mol. The van der Waals surface area contributed by atoms with Crippen LogP contribution in [0.2, 0.25) is 0 Å². The van der Waals surface area contributed by atoms with Gasteiger partial charge in [0.25, 0.3) is 0 Å². The van der Waals surface area contributed by atoms with E-state index in [0.717, 1.165) is 0 Å². The minimum atomic E-state index is -0.906. The fourth-order valence-corrected chi connectivity index (χ4v) is 1.86. The van der Waals surface area contributed by atoms with Crippen molar-refractivity contribution in [1.29, 1.82) is 0 Å². The largest absolute Gasteiger partial charge is 0.494 e. The van der Waals surface area contributed by atoms with Gasteiger partial charge in [-0.25, -0.2) is 4.39 Å². The summed E-state index contributed by atoms with van der Waals surface area (Å²) in [6.07, 6.45) is 0.559. The number of halogens is 1. The summed E-state index contributed by atoms with van der Waals surface area (Å²) in [6.45, 7) is 0.0327. The van der Waals surface area contributed by atoms with Crippen LogP contribution in [0.15, 0.2) is 41.0 Å². The van der Waals surface area contributed by atoms with Gasteiger partial charge in [0.15, 0.2) is 11.6 Å². The van der Waals surface area contributed by atoms with Crippen LogP contribution in [0, 0.1) is 5.82 Å². The number of hydrogen-bond acceptors (Lipinski definition) is 4. The zero-order valence-corrected chi connectivity index (χ0v) is 11.5. The number of carbonyl (C=O) groups excluding carboxylic acids is 1. The molecule has 1 aromatic heterocycles. The lowest BCUT2D eigenvalue weighted by Crippen LogP contribution is -2.29. The maximum atomic E-state index is 13.5. The van der Waals surface area contributed by atoms with Crippen LogP contribution in [-0.2, 0) is 11.2 Å². The summed E-state index contributed by atoms with van der Waals surface area (Å²) in [4.78, 5) is 11.7. The molecule has 0 aliphatic carbocycles. The number of aliphatic hydroxyl groups is 1. The van der Waals surface area contributed by atoms with Gasteiger partial charge in [0, 0.05) is 0 Å². The first-order valence-corrected chi connectivity index (χ1v) is 6.40. The standard InChI is InChI=1S/C15H16FNO4/c1-20-13-5-4-10(7-11(13)16)8-15(19)17-9-12(18)14-3-2-6-21-14/h2-7,12,18H,8-9H2,1H3,(H,17,19). The minimum absolute atomic E-state index is 0.0196. The lowest BCUT2D eigenvalue weighted by Gasteiger charge is -2.10. The van der Waals surface area contributed by atoms with Crippen LogP contribution in [0.4, 0.5) is 4.39 Å². The van der Waals surface area contributed by atoms with Crippen LogP contribution in [0.1, 0.15) is 17.4 Å². The fraction of sp³-hybridized carbons (Fsp3) is 0.267. The molecule has 112 valence electrons. The topological polar surface area (TPSA) is 71.7 Å². The number of nitrogens with one attached hydrogen (secondary N) is 1. The Labute approximate surface area is 121 Å². The first-order chi connectivity index (χ1) is 10.1. The van der Waals surface area contributed by atoms with E-state index >= 15 is 0 Å². The lowest BCUT2D eigenvalue weighted by atomic mass is 10.1. The third kappa shape index (κ3) is 4.06. The number of benzene rings is 1. The third-order valence-electron chi connectivity index (χ3n) is 2.95. The van der Waals surface area contributed by atoms with Gasteiger partial charge in [0.1, 0.15) is 11.9 Å². The molecule has 0 saturated carbocycles. The van der Waals surface area contributed by atoms with Crippen molar-refractivity contribution in [2.45, 2.75) is 12.5 Å². The number of amides is 1. The highest BCUT2D eigenvalue weighted by atomic mass is 19.1. The molecular weight excluding hydrogens is 277 g/mol. The molecule has 5 nitrogen and oxygen atoms in total. The molecule has 21 heavy (non-hydrogen) atoms. The summed E-state index contributed by atoms with van der Waals surface area (Å²) in [6, 6.07) is 7.61. The molecule has 2 aromatic rings. The summed E-state index contributed by atoms with van der Waals surface area (Å²) in [5.41, 5.74) is 0.526. The number of methoxy groups -OCH3 is 1. The van der Waals surface area contributed by atoms with Crippen LogP contribution >= 0.6 is 0 Å². The van der Waals surface area contributed by atoms with Gasteiger partial charge < -0.3 is 19.6 Å². The van der Waals surface area contributed by atoms with Crippen molar-refractivity contribution in [1.82, 2.24) is 5.32 Å². The number of hydrogen-bond donors (Lipinski definition) is 2. The van der Waals surface area contributed by atoms with E-state index in [9.17, 15) is 14.3 Å². The van der Waals surface area contributed by atoms with E-state index in [1.165, 1.54) is 25.5 Å². The number of aliphatic hydroxyl groups excluding tert-OH is 1. The highest BCUT2D eigenvalue weighted by Gasteiger charge is 2.12. The van der Waals surface area contributed by atoms with Gasteiger partial charge in [-0.1, -0.05) is 6.07 Å². The number of rotatable bonds is 6. The van der Waals surface area contributed by atoms with Crippen LogP contribution in [0.3, 0.4) is 0 Å². The van der Waals surface area contributed by atoms with Gasteiger partial charge in [0.05, 0.1) is 26.3 Å². The third-order valence-corrected chi connectivity index (χ3v) is 2.95. The maximum Gasteiger partial charge on any atom is 0.224 e. The summed E-state index contributed by atoms with van der Waals surface area (Å²) in [5.74, 6) is -0.318. The number of carbonyl (C=O) groups is 1. The van der Waals surface area contributed by atoms with E-state index < -0.39 is 11.9 Å². The fourth-order valence-electron chi connectivity index (χ4n) is 1.86. The molecule has 1 heterocycles. The molecule has 1 atom stereocenters. The number of ether oxygens (including phenoxy) is 1. The van der Waals surface area contributed by atoms with Gasteiger partial charge in [-0.05, 0) is 29.8 Å². The van der Waals surface area contributed by atoms with E-state index in [-0.39, 0.29) is 24.6 Å². The van der Waals surface area contributed by atoms with Gasteiger partial charge in [-0.15, -0.1) is 0 Å². The Morgan fingerprint density at radius 3 is 2.90 bits per heavy atom. The molecule has 0 aliphatic rings. The van der Waals surface area contributed by atoms with Crippen molar-refractivity contribution >= 4 is 5.91 Å². The average Bonchev–Trinajstić information content (AvgIpc) is 2.99. The molecule has 1 amide bonds. The second-order valence-corrected chi connectivity index (χ2v) is 4.48. The van der Waals surface area contributed by atoms with Crippen molar-refractivity contribution in [2.75, 3.05) is 13.7 Å². The van der Waals surface area contributed by atoms with Crippen molar-refractivity contribution < 1.29 is 23.4 Å². The summed E-state index contributed by atoms with van der Waals surface area (Å²) < 4.78 is 23.3. The van der Waals surface area contributed by atoms with Crippen LogP contribution in [-0.4, -0.2) is 24.7 Å².